The average molecular weight is 1080 g/mol. The number of morpholine rings is 1. The first-order chi connectivity index (χ1) is 38.0. The Morgan fingerprint density at radius 2 is 1.81 bits per heavy atom. The number of carbonyl (C=O) groups is 4. The van der Waals surface area contributed by atoms with E-state index in [0.29, 0.717) is 76.3 Å². The van der Waals surface area contributed by atoms with E-state index in [1.807, 2.05) is 63.2 Å². The molecular weight excluding hydrogens is 1000 g/mol. The number of nitrogens with zero attached hydrogens (tertiary/aromatic N) is 5. The maximum atomic E-state index is 14.9. The molecule has 3 amide bonds. The van der Waals surface area contributed by atoms with Crippen LogP contribution in [0, 0.1) is 23.2 Å². The van der Waals surface area contributed by atoms with Crippen molar-refractivity contribution in [1.29, 1.82) is 0 Å². The molecule has 6 heterocycles. The minimum absolute atomic E-state index is 0.0153. The zero-order valence-electron chi connectivity index (χ0n) is 46.9. The second-order valence-corrected chi connectivity index (χ2v) is 22.7. The number of aromatic nitrogens is 2. The number of ether oxygens (including phenoxy) is 4. The summed E-state index contributed by atoms with van der Waals surface area (Å²) in [6, 6.07) is 20.2. The van der Waals surface area contributed by atoms with Gasteiger partial charge >= 0.3 is 5.97 Å². The first-order valence-electron chi connectivity index (χ1n) is 27.9. The Bertz CT molecular complexity index is 3090. The summed E-state index contributed by atoms with van der Waals surface area (Å²) in [5, 5.41) is 26.9. The van der Waals surface area contributed by atoms with Crippen LogP contribution in [0.25, 0.3) is 33.3 Å². The highest BCUT2D eigenvalue weighted by molar-refractivity contribution is 5.96. The molecule has 79 heavy (non-hydrogen) atoms. The van der Waals surface area contributed by atoms with Crippen molar-refractivity contribution >= 4 is 34.6 Å². The maximum Gasteiger partial charge on any atom is 0.324 e. The molecule has 2 aromatic heterocycles. The summed E-state index contributed by atoms with van der Waals surface area (Å²) in [5.74, 6) is 4.30. The van der Waals surface area contributed by atoms with Crippen molar-refractivity contribution in [2.75, 3.05) is 66.8 Å². The Labute approximate surface area is 463 Å². The lowest BCUT2D eigenvalue weighted by molar-refractivity contribution is -0.155. The van der Waals surface area contributed by atoms with Crippen molar-refractivity contribution in [3.05, 3.63) is 107 Å². The standard InChI is InChI=1S/C62H77N7O10/c1-9-68-53-20-19-43-32-48(53)50(56(68)49-29-40(34-63-54(49)39(4)76-8)15-13-22-67-24-26-77-36-45(67)35-70)33-62(5,6)37-79-61(75)51-18-14-23-69(65-51)59(73)52(30-41-27-44(43)31-46(71)28-41)64-58(72)55(38(2)3)66(7)60(74)57-47(21-25-78-57)42-16-11-10-12-17-42/h10-12,16-17,19-20,27-29,31-32,34,38-39,45,47,51-52,55,57,65,70-71H,9,14,18,21-26,30,33,35-37H2,1-8H3,(H,64,72). The zero-order chi connectivity index (χ0) is 56.1. The summed E-state index contributed by atoms with van der Waals surface area (Å²) >= 11 is 0. The van der Waals surface area contributed by atoms with Crippen LogP contribution in [-0.2, 0) is 57.5 Å². The summed E-state index contributed by atoms with van der Waals surface area (Å²) in [6.45, 7) is 15.4. The molecule has 7 unspecified atom stereocenters. The predicted molar refractivity (Wildman–Crippen MR) is 300 cm³/mol. The second-order valence-electron chi connectivity index (χ2n) is 22.7. The number of cyclic esters (lactones) is 1. The van der Waals surface area contributed by atoms with Gasteiger partial charge in [-0.25, -0.2) is 5.43 Å². The first kappa shape index (κ1) is 57.0. The van der Waals surface area contributed by atoms with E-state index in [2.05, 4.69) is 71.0 Å². The van der Waals surface area contributed by atoms with Crippen molar-refractivity contribution in [2.45, 2.75) is 122 Å². The minimum Gasteiger partial charge on any atom is -0.508 e. The van der Waals surface area contributed by atoms with E-state index < -0.39 is 47.4 Å². The number of esters is 1. The largest absolute Gasteiger partial charge is 0.508 e. The number of aliphatic hydroxyl groups excluding tert-OH is 1. The normalized spacial score (nSPS) is 22.6. The van der Waals surface area contributed by atoms with Gasteiger partial charge in [0.2, 0.25) is 5.91 Å². The Morgan fingerprint density at radius 3 is 2.56 bits per heavy atom. The number of carbonyl (C=O) groups excluding carboxylic acids is 4. The fourth-order valence-electron chi connectivity index (χ4n) is 11.9. The summed E-state index contributed by atoms with van der Waals surface area (Å²) in [5.41, 5.74) is 10.8. The number of hydrazine groups is 1. The van der Waals surface area contributed by atoms with Crippen molar-refractivity contribution in [3.8, 4) is 40.0 Å². The number of hydrogen-bond donors (Lipinski definition) is 4. The molecule has 0 aliphatic carbocycles. The molecule has 7 atom stereocenters. The molecule has 6 bridgehead atoms. The third-order valence-electron chi connectivity index (χ3n) is 16.1. The summed E-state index contributed by atoms with van der Waals surface area (Å²) in [6.07, 6.45) is 2.63. The average Bonchev–Trinajstić information content (AvgIpc) is 4.26. The van der Waals surface area contributed by atoms with E-state index in [1.165, 1.54) is 9.91 Å². The van der Waals surface area contributed by atoms with Gasteiger partial charge in [0, 0.05) is 86.4 Å². The van der Waals surface area contributed by atoms with Crippen LogP contribution in [0.1, 0.15) is 101 Å². The van der Waals surface area contributed by atoms with Gasteiger partial charge < -0.3 is 43.9 Å². The molecule has 17 nitrogen and oxygen atoms in total. The summed E-state index contributed by atoms with van der Waals surface area (Å²) < 4.78 is 26.1. The predicted octanol–water partition coefficient (Wildman–Crippen LogP) is 6.55. The number of aliphatic hydroxyl groups is 1. The number of likely N-dealkylation sites (N-methyl/N-ethyl adjacent to an activating group) is 1. The Kier molecular flexibility index (Phi) is 17.9. The number of fused-ring (bicyclic) bond motifs is 6. The van der Waals surface area contributed by atoms with Crippen molar-refractivity contribution in [1.82, 2.24) is 35.1 Å². The molecule has 3 aromatic carbocycles. The molecule has 0 spiro atoms. The molecule has 17 heteroatoms. The van der Waals surface area contributed by atoms with Crippen molar-refractivity contribution in [3.63, 3.8) is 0 Å². The van der Waals surface area contributed by atoms with Crippen LogP contribution >= 0.6 is 0 Å². The number of pyridine rings is 1. The molecule has 5 aromatic rings. The SMILES string of the molecule is CCn1c(-c2cc(C#CCN3CCOCC3CO)cnc2C(C)OC)c2c3cc(ccc31)-c1cc(O)cc(c1)CC(NC(=O)C(C(C)C)N(C)C(=O)C1OCCC1c1ccccc1)C(=O)N1CCCC(N1)C(=O)OCC(C)(C)C2. The van der Waals surface area contributed by atoms with Crippen LogP contribution in [0.15, 0.2) is 79.0 Å². The van der Waals surface area contributed by atoms with Crippen molar-refractivity contribution < 1.29 is 48.3 Å². The highest BCUT2D eigenvalue weighted by Crippen LogP contribution is 2.43. The number of hydrogen-bond acceptors (Lipinski definition) is 13. The molecule has 0 saturated carbocycles. The molecule has 420 valence electrons. The third kappa shape index (κ3) is 12.6. The molecule has 3 fully saturated rings. The van der Waals surface area contributed by atoms with Crippen LogP contribution in [0.2, 0.25) is 0 Å². The molecule has 0 radical (unpaired) electrons. The third-order valence-corrected chi connectivity index (χ3v) is 16.1. The van der Waals surface area contributed by atoms with E-state index in [0.717, 1.165) is 50.1 Å². The van der Waals surface area contributed by atoms with E-state index in [4.69, 9.17) is 23.9 Å². The van der Waals surface area contributed by atoms with Gasteiger partial charge in [-0.1, -0.05) is 82.0 Å². The van der Waals surface area contributed by atoms with Gasteiger partial charge in [-0.2, -0.15) is 0 Å². The van der Waals surface area contributed by atoms with Gasteiger partial charge in [0.25, 0.3) is 11.8 Å². The van der Waals surface area contributed by atoms with E-state index >= 15 is 0 Å². The monoisotopic (exact) mass is 1080 g/mol. The molecule has 3 saturated heterocycles. The Morgan fingerprint density at radius 1 is 1.01 bits per heavy atom. The molecule has 9 rings (SSSR count). The highest BCUT2D eigenvalue weighted by Gasteiger charge is 2.42. The van der Waals surface area contributed by atoms with Gasteiger partial charge in [-0.15, -0.1) is 0 Å². The van der Waals surface area contributed by atoms with Crippen LogP contribution in [-0.4, -0.2) is 155 Å². The topological polar surface area (TPSA) is 197 Å². The van der Waals surface area contributed by atoms with Gasteiger partial charge in [0.05, 0.1) is 56.5 Å². The summed E-state index contributed by atoms with van der Waals surface area (Å²) in [7, 11) is 3.27. The fourth-order valence-corrected chi connectivity index (χ4v) is 11.9. The van der Waals surface area contributed by atoms with E-state index in [-0.39, 0.29) is 61.8 Å². The van der Waals surface area contributed by atoms with Gasteiger partial charge in [-0.05, 0) is 104 Å². The number of phenolic OH excluding ortho intramolecular Hbond substituents is 1. The summed E-state index contributed by atoms with van der Waals surface area (Å²) in [4.78, 5) is 66.9. The lowest BCUT2D eigenvalue weighted by Crippen LogP contribution is -2.62. The number of rotatable bonds is 12. The van der Waals surface area contributed by atoms with Crippen LogP contribution in [0.3, 0.4) is 0 Å². The van der Waals surface area contributed by atoms with E-state index in [9.17, 15) is 29.4 Å². The number of amides is 3. The van der Waals surface area contributed by atoms with E-state index in [1.54, 1.807) is 32.5 Å². The van der Waals surface area contributed by atoms with Gasteiger partial charge in [-0.3, -0.25) is 34.1 Å². The number of phenols is 1. The van der Waals surface area contributed by atoms with Crippen LogP contribution < -0.4 is 10.7 Å². The smallest absolute Gasteiger partial charge is 0.324 e. The lowest BCUT2D eigenvalue weighted by Gasteiger charge is -2.37. The number of aromatic hydroxyl groups is 1. The molecule has 4 aliphatic heterocycles. The quantitative estimate of drug-likeness (QED) is 0.0776. The van der Waals surface area contributed by atoms with Gasteiger partial charge in [0.1, 0.15) is 30.0 Å². The van der Waals surface area contributed by atoms with Crippen LogP contribution in [0.5, 0.6) is 5.75 Å². The first-order valence-corrected chi connectivity index (χ1v) is 27.9. The zero-order valence-corrected chi connectivity index (χ0v) is 46.9. The number of aryl methyl sites for hydroxylation is 1. The minimum atomic E-state index is -1.18. The number of benzene rings is 3. The fraction of sp³-hybridized carbons (Fsp3) is 0.500. The number of nitrogens with one attached hydrogen (secondary N) is 2. The van der Waals surface area contributed by atoms with Gasteiger partial charge in [0.15, 0.2) is 0 Å². The molecule has 4 aliphatic rings. The lowest BCUT2D eigenvalue weighted by atomic mass is 9.84. The Balaban J connectivity index is 1.11. The highest BCUT2D eigenvalue weighted by atomic mass is 16.5. The molecule has 4 N–H and O–H groups in total. The Hall–Kier alpha value is -6.65. The van der Waals surface area contributed by atoms with Crippen molar-refractivity contribution in [2.24, 2.45) is 11.3 Å². The van der Waals surface area contributed by atoms with Crippen LogP contribution in [0.4, 0.5) is 0 Å². The second kappa shape index (κ2) is 24.8. The molecular formula is C62H77N7O10. The maximum absolute atomic E-state index is 14.9. The number of methoxy groups -OCH3 is 1.